The second-order valence-corrected chi connectivity index (χ2v) is 15.7. The summed E-state index contributed by atoms with van der Waals surface area (Å²) in [6, 6.07) is 15.5. The summed E-state index contributed by atoms with van der Waals surface area (Å²) in [5.41, 5.74) is 7.18. The van der Waals surface area contributed by atoms with Crippen molar-refractivity contribution in [1.82, 2.24) is 19.8 Å². The fraction of sp³-hybridized carbons (Fsp3) is 0.452. The van der Waals surface area contributed by atoms with Crippen molar-refractivity contribution >= 4 is 51.3 Å². The number of rotatable bonds is 7. The first-order chi connectivity index (χ1) is 26.6. The third kappa shape index (κ3) is 7.23. The molecule has 0 saturated carbocycles. The van der Waals surface area contributed by atoms with E-state index in [2.05, 4.69) is 60.5 Å². The minimum atomic E-state index is -0.610. The zero-order valence-electron chi connectivity index (χ0n) is 31.8. The number of imide groups is 1. The molecular weight excluding hydrogens is 698 g/mol. The van der Waals surface area contributed by atoms with Gasteiger partial charge in [-0.25, -0.2) is 9.37 Å². The molecule has 0 spiro atoms. The zero-order chi connectivity index (χ0) is 38.4. The van der Waals surface area contributed by atoms with E-state index in [0.717, 1.165) is 99.5 Å². The summed E-state index contributed by atoms with van der Waals surface area (Å²) < 4.78 is 17.1. The Hall–Kier alpha value is -5.48. The lowest BCUT2D eigenvalue weighted by atomic mass is 9.87. The third-order valence-corrected chi connectivity index (χ3v) is 12.2. The minimum Gasteiger partial charge on any atom is -0.371 e. The molecule has 0 aliphatic carbocycles. The van der Waals surface area contributed by atoms with E-state index in [1.165, 1.54) is 17.8 Å². The summed E-state index contributed by atoms with van der Waals surface area (Å²) in [4.78, 5) is 50.4. The average molecular weight is 746 g/mol. The molecule has 13 heteroatoms. The summed E-state index contributed by atoms with van der Waals surface area (Å²) in [5, 5.41) is 16.1. The van der Waals surface area contributed by atoms with Crippen LogP contribution in [-0.4, -0.2) is 85.2 Å². The normalized spacial score (nSPS) is 20.1. The van der Waals surface area contributed by atoms with Crippen LogP contribution < -0.4 is 30.9 Å². The molecule has 8 rings (SSSR count). The van der Waals surface area contributed by atoms with Crippen molar-refractivity contribution in [1.29, 1.82) is 5.26 Å². The molecule has 55 heavy (non-hydrogen) atoms. The van der Waals surface area contributed by atoms with Gasteiger partial charge in [0.05, 0.1) is 46.1 Å². The number of benzene rings is 2. The molecule has 0 radical (unpaired) electrons. The Labute approximate surface area is 320 Å². The number of anilines is 5. The van der Waals surface area contributed by atoms with Crippen LogP contribution in [0.4, 0.5) is 33.0 Å². The number of aryl methyl sites for hydroxylation is 2. The molecule has 4 aliphatic rings. The minimum absolute atomic E-state index is 0.0137. The Bertz CT molecular complexity index is 2250. The third-order valence-electron chi connectivity index (χ3n) is 12.2. The number of likely N-dealkylation sites (N-methyl/N-ethyl adjacent to an activating group) is 1. The second-order valence-electron chi connectivity index (χ2n) is 15.7. The molecule has 2 aromatic carbocycles. The standard InChI is InChI=1S/C42H48FN9O3/c1-26-18-31-35(49(3)42(26)55)20-30(21-36(31)52-17-16-48(2)34-6-4-28(23-44)19-37(34)52)29-10-12-50(13-11-29)25-27-8-14-51(15-9-27)38-24-45-39(22-32(38)43)46-33-5-7-40(53)47-41(33)54/h4,6,18-22,24,27,29,33H,5,7-17,25H2,1-3H3,(H,45,46)(H,47,53,54). The van der Waals surface area contributed by atoms with Crippen LogP contribution in [0.15, 0.2) is 53.5 Å². The van der Waals surface area contributed by atoms with Crippen LogP contribution in [0.1, 0.15) is 61.1 Å². The maximum Gasteiger partial charge on any atom is 0.253 e. The largest absolute Gasteiger partial charge is 0.371 e. The van der Waals surface area contributed by atoms with E-state index < -0.39 is 11.9 Å². The van der Waals surface area contributed by atoms with Gasteiger partial charge in [-0.15, -0.1) is 0 Å². The molecule has 4 aromatic rings. The quantitative estimate of drug-likeness (QED) is 0.245. The number of carbonyl (C=O) groups excluding carboxylic acids is 2. The fourth-order valence-corrected chi connectivity index (χ4v) is 8.97. The van der Waals surface area contributed by atoms with E-state index in [-0.39, 0.29) is 29.5 Å². The molecule has 3 saturated heterocycles. The molecular formula is C42H48FN9O3. The topological polar surface area (TPSA) is 130 Å². The number of amides is 2. The molecule has 6 heterocycles. The van der Waals surface area contributed by atoms with Crippen LogP contribution in [-0.2, 0) is 16.6 Å². The van der Waals surface area contributed by atoms with Crippen LogP contribution in [0, 0.1) is 30.0 Å². The van der Waals surface area contributed by atoms with Gasteiger partial charge in [-0.05, 0) is 106 Å². The number of hydrogen-bond acceptors (Lipinski definition) is 10. The molecule has 2 N–H and O–H groups in total. The van der Waals surface area contributed by atoms with Gasteiger partial charge < -0.3 is 29.5 Å². The predicted octanol–water partition coefficient (Wildman–Crippen LogP) is 5.15. The highest BCUT2D eigenvalue weighted by molar-refractivity contribution is 6.01. The van der Waals surface area contributed by atoms with Crippen molar-refractivity contribution in [3.8, 4) is 6.07 Å². The molecule has 2 aromatic heterocycles. The average Bonchev–Trinajstić information content (AvgIpc) is 3.19. The number of pyridine rings is 2. The number of carbonyl (C=O) groups is 2. The number of nitrogens with zero attached hydrogens (tertiary/aromatic N) is 7. The van der Waals surface area contributed by atoms with Gasteiger partial charge in [0.15, 0.2) is 5.82 Å². The van der Waals surface area contributed by atoms with Gasteiger partial charge in [-0.2, -0.15) is 5.26 Å². The first-order valence-corrected chi connectivity index (χ1v) is 19.5. The summed E-state index contributed by atoms with van der Waals surface area (Å²) in [6.45, 7) is 8.00. The predicted molar refractivity (Wildman–Crippen MR) is 213 cm³/mol. The van der Waals surface area contributed by atoms with Crippen molar-refractivity contribution in [2.45, 2.75) is 57.4 Å². The number of fused-ring (bicyclic) bond motifs is 2. The summed E-state index contributed by atoms with van der Waals surface area (Å²) in [5.74, 6) is 0.0877. The molecule has 3 fully saturated rings. The monoisotopic (exact) mass is 745 g/mol. The number of nitriles is 1. The molecule has 1 atom stereocenters. The molecule has 12 nitrogen and oxygen atoms in total. The van der Waals surface area contributed by atoms with E-state index in [4.69, 9.17) is 0 Å². The van der Waals surface area contributed by atoms with Crippen LogP contribution in [0.5, 0.6) is 0 Å². The molecule has 0 bridgehead atoms. The number of hydrogen-bond donors (Lipinski definition) is 2. The van der Waals surface area contributed by atoms with Gasteiger partial charge in [-0.1, -0.05) is 0 Å². The summed E-state index contributed by atoms with van der Waals surface area (Å²) in [6.07, 6.45) is 6.12. The SMILES string of the molecule is Cc1cc2c(N3CCN(C)c4ccc(C#N)cc43)cc(C3CCN(CC4CCN(c5cnc(NC6CCC(=O)NC6=O)cc5F)CC4)CC3)cc2n(C)c1=O. The Balaban J connectivity index is 0.924. The van der Waals surface area contributed by atoms with Crippen molar-refractivity contribution in [2.24, 2.45) is 13.0 Å². The smallest absolute Gasteiger partial charge is 0.253 e. The maximum atomic E-state index is 15.3. The van der Waals surface area contributed by atoms with Crippen molar-refractivity contribution in [3.05, 3.63) is 81.5 Å². The van der Waals surface area contributed by atoms with Gasteiger partial charge in [0.2, 0.25) is 11.8 Å². The number of aromatic nitrogens is 2. The first-order valence-electron chi connectivity index (χ1n) is 19.5. The lowest BCUT2D eigenvalue weighted by Gasteiger charge is -2.39. The van der Waals surface area contributed by atoms with Crippen LogP contribution in [0.3, 0.4) is 0 Å². The lowest BCUT2D eigenvalue weighted by molar-refractivity contribution is -0.133. The highest BCUT2D eigenvalue weighted by Gasteiger charge is 2.30. The second kappa shape index (κ2) is 15.0. The highest BCUT2D eigenvalue weighted by Crippen LogP contribution is 2.43. The van der Waals surface area contributed by atoms with Crippen LogP contribution in [0.25, 0.3) is 10.9 Å². The lowest BCUT2D eigenvalue weighted by Crippen LogP contribution is -2.47. The Morgan fingerprint density at radius 3 is 2.40 bits per heavy atom. The summed E-state index contributed by atoms with van der Waals surface area (Å²) in [7, 11) is 3.95. The zero-order valence-corrected chi connectivity index (χ0v) is 31.8. The van der Waals surface area contributed by atoms with E-state index in [1.54, 1.807) is 4.57 Å². The van der Waals surface area contributed by atoms with Gasteiger partial charge in [-0.3, -0.25) is 19.7 Å². The Kier molecular flexibility index (Phi) is 9.94. The molecule has 286 valence electrons. The van der Waals surface area contributed by atoms with Gasteiger partial charge in [0, 0.05) is 70.3 Å². The molecule has 1 unspecified atom stereocenters. The number of nitrogens with one attached hydrogen (secondary N) is 2. The van der Waals surface area contributed by atoms with Crippen LogP contribution >= 0.6 is 0 Å². The Morgan fingerprint density at radius 2 is 1.67 bits per heavy atom. The fourth-order valence-electron chi connectivity index (χ4n) is 8.97. The van der Waals surface area contributed by atoms with Crippen molar-refractivity contribution in [2.75, 3.05) is 72.9 Å². The van der Waals surface area contributed by atoms with E-state index in [9.17, 15) is 19.6 Å². The van der Waals surface area contributed by atoms with Crippen molar-refractivity contribution in [3.63, 3.8) is 0 Å². The number of likely N-dealkylation sites (tertiary alicyclic amines) is 1. The van der Waals surface area contributed by atoms with Crippen LogP contribution in [0.2, 0.25) is 0 Å². The first kappa shape index (κ1) is 36.5. The van der Waals surface area contributed by atoms with E-state index >= 15 is 4.39 Å². The number of piperidine rings is 3. The Morgan fingerprint density at radius 1 is 0.891 bits per heavy atom. The van der Waals surface area contributed by atoms with Crippen molar-refractivity contribution < 1.29 is 14.0 Å². The highest BCUT2D eigenvalue weighted by atomic mass is 19.1. The molecule has 4 aliphatic heterocycles. The van der Waals surface area contributed by atoms with E-state index in [0.29, 0.717) is 35.1 Å². The number of halogens is 1. The molecule has 2 amide bonds. The maximum absolute atomic E-state index is 15.3. The van der Waals surface area contributed by atoms with E-state index in [1.807, 2.05) is 38.2 Å². The van der Waals surface area contributed by atoms with Gasteiger partial charge in [0.25, 0.3) is 5.56 Å². The van der Waals surface area contributed by atoms with Gasteiger partial charge in [0.1, 0.15) is 11.9 Å². The van der Waals surface area contributed by atoms with Gasteiger partial charge >= 0.3 is 0 Å². The summed E-state index contributed by atoms with van der Waals surface area (Å²) >= 11 is 0.